The number of hydrogen-bond acceptors (Lipinski definition) is 4. The summed E-state index contributed by atoms with van der Waals surface area (Å²) < 4.78 is 36.6. The first kappa shape index (κ1) is 18.7. The van der Waals surface area contributed by atoms with Crippen molar-refractivity contribution < 1.29 is 23.0 Å². The van der Waals surface area contributed by atoms with Crippen LogP contribution in [0.2, 0.25) is 0 Å². The van der Waals surface area contributed by atoms with Gasteiger partial charge in [0.15, 0.2) is 0 Å². The highest BCUT2D eigenvalue weighted by atomic mass is 31.2. The molecule has 5 nitrogen and oxygen atoms in total. The summed E-state index contributed by atoms with van der Waals surface area (Å²) in [6.07, 6.45) is 0. The number of nitrogens with one attached hydrogen (secondary N) is 1. The van der Waals surface area contributed by atoms with Crippen LogP contribution in [-0.2, 0) is 14.1 Å². The molecule has 124 valence electrons. The number of esters is 1. The van der Waals surface area contributed by atoms with E-state index in [0.717, 1.165) is 0 Å². The van der Waals surface area contributed by atoms with Gasteiger partial charge < -0.3 is 9.26 Å². The van der Waals surface area contributed by atoms with Crippen molar-refractivity contribution in [3.8, 4) is 5.75 Å². The van der Waals surface area contributed by atoms with Crippen LogP contribution in [0.5, 0.6) is 5.75 Å². The van der Waals surface area contributed by atoms with Gasteiger partial charge in [0.25, 0.3) is 0 Å². The van der Waals surface area contributed by atoms with Crippen molar-refractivity contribution in [2.45, 2.75) is 45.8 Å². The second kappa shape index (κ2) is 7.25. The van der Waals surface area contributed by atoms with Gasteiger partial charge in [-0.15, -0.1) is 0 Å². The van der Waals surface area contributed by atoms with Gasteiger partial charge >= 0.3 is 13.5 Å². The van der Waals surface area contributed by atoms with Crippen LogP contribution in [0.3, 0.4) is 0 Å². The summed E-state index contributed by atoms with van der Waals surface area (Å²) in [5, 5.41) is 1.98. The van der Waals surface area contributed by atoms with Gasteiger partial charge in [-0.25, -0.2) is 9.48 Å². The molecule has 7 heteroatoms. The fourth-order valence-corrected chi connectivity index (χ4v) is 3.32. The number of halogens is 1. The van der Waals surface area contributed by atoms with Crippen LogP contribution in [0.4, 0.5) is 4.39 Å². The predicted octanol–water partition coefficient (Wildman–Crippen LogP) is 3.74. The lowest BCUT2D eigenvalue weighted by Gasteiger charge is -2.32. The van der Waals surface area contributed by atoms with Gasteiger partial charge in [0.1, 0.15) is 17.6 Å². The van der Waals surface area contributed by atoms with Crippen molar-refractivity contribution in [1.29, 1.82) is 0 Å². The van der Waals surface area contributed by atoms with Crippen LogP contribution in [0.25, 0.3) is 0 Å². The van der Waals surface area contributed by atoms with Gasteiger partial charge in [0.2, 0.25) is 0 Å². The van der Waals surface area contributed by atoms with E-state index in [-0.39, 0.29) is 12.4 Å². The van der Waals surface area contributed by atoms with Crippen molar-refractivity contribution in [2.24, 2.45) is 0 Å². The third kappa shape index (κ3) is 4.82. The number of carbonyl (C=O) groups excluding carboxylic acids is 1. The Hall–Kier alpha value is -1.39. The quantitative estimate of drug-likeness (QED) is 0.635. The van der Waals surface area contributed by atoms with Crippen molar-refractivity contribution in [3.05, 3.63) is 30.1 Å². The molecule has 22 heavy (non-hydrogen) atoms. The first-order valence-corrected chi connectivity index (χ1v) is 8.71. The molecule has 0 fully saturated rings. The van der Waals surface area contributed by atoms with E-state index in [1.165, 1.54) is 24.3 Å². The van der Waals surface area contributed by atoms with Crippen LogP contribution in [0.15, 0.2) is 24.3 Å². The van der Waals surface area contributed by atoms with Crippen LogP contribution in [0.1, 0.15) is 34.6 Å². The fourth-order valence-electron chi connectivity index (χ4n) is 1.58. The van der Waals surface area contributed by atoms with Crippen molar-refractivity contribution in [3.63, 3.8) is 0 Å². The number of benzene rings is 1. The third-order valence-electron chi connectivity index (χ3n) is 2.93. The third-order valence-corrected chi connectivity index (χ3v) is 5.90. The molecule has 1 rings (SSSR count). The molecule has 0 aromatic heterocycles. The Morgan fingerprint density at radius 2 is 1.86 bits per heavy atom. The van der Waals surface area contributed by atoms with Crippen LogP contribution >= 0.6 is 7.52 Å². The van der Waals surface area contributed by atoms with Crippen molar-refractivity contribution in [1.82, 2.24) is 5.09 Å². The van der Waals surface area contributed by atoms with Gasteiger partial charge in [0, 0.05) is 0 Å². The van der Waals surface area contributed by atoms with Crippen LogP contribution in [0, 0.1) is 5.82 Å². The van der Waals surface area contributed by atoms with Gasteiger partial charge in [-0.05, 0) is 58.9 Å². The lowest BCUT2D eigenvalue weighted by atomic mass is 10.3. The van der Waals surface area contributed by atoms with E-state index < -0.39 is 30.5 Å². The molecule has 0 amide bonds. The van der Waals surface area contributed by atoms with E-state index in [2.05, 4.69) is 5.09 Å². The lowest BCUT2D eigenvalue weighted by molar-refractivity contribution is -0.144. The molecule has 0 saturated carbocycles. The van der Waals surface area contributed by atoms with Crippen molar-refractivity contribution in [2.75, 3.05) is 6.61 Å². The fraction of sp³-hybridized carbons (Fsp3) is 0.533. The maximum absolute atomic E-state index is 13.2. The Morgan fingerprint density at radius 1 is 1.32 bits per heavy atom. The normalized spacial score (nSPS) is 15.7. The smallest absolute Gasteiger partial charge is 0.323 e. The molecule has 0 heterocycles. The molecule has 0 bridgehead atoms. The summed E-state index contributed by atoms with van der Waals surface area (Å²) in [5.74, 6) is -0.649. The van der Waals surface area contributed by atoms with Gasteiger partial charge in [-0.3, -0.25) is 9.36 Å². The minimum atomic E-state index is -3.45. The standard InChI is InChI=1S/C15H23FNO4P/c1-6-20-14(18)11(2)17-22(19,15(3,4)5)21-13-9-7-12(16)8-10-13/h7-11H,6H2,1-5H3,(H,17,19)/t11-,22-/m0/s1. The summed E-state index contributed by atoms with van der Waals surface area (Å²) in [7, 11) is -3.45. The van der Waals surface area contributed by atoms with Crippen LogP contribution < -0.4 is 9.61 Å². The molecular formula is C15H23FNO4P. The minimum Gasteiger partial charge on any atom is -0.465 e. The second-order valence-corrected chi connectivity index (χ2v) is 8.76. The molecule has 2 atom stereocenters. The Labute approximate surface area is 130 Å². The maximum atomic E-state index is 13.2. The predicted molar refractivity (Wildman–Crippen MR) is 83.6 cm³/mol. The Morgan fingerprint density at radius 3 is 2.32 bits per heavy atom. The summed E-state index contributed by atoms with van der Waals surface area (Å²) in [6.45, 7) is 8.71. The van der Waals surface area contributed by atoms with Gasteiger partial charge in [-0.2, -0.15) is 0 Å². The Bertz CT molecular complexity index is 554. The lowest BCUT2D eigenvalue weighted by Crippen LogP contribution is -2.39. The highest BCUT2D eigenvalue weighted by Gasteiger charge is 2.42. The second-order valence-electron chi connectivity index (χ2n) is 5.87. The molecular weight excluding hydrogens is 308 g/mol. The van der Waals surface area contributed by atoms with E-state index >= 15 is 0 Å². The molecule has 0 aliphatic heterocycles. The average Bonchev–Trinajstić information content (AvgIpc) is 2.40. The largest absolute Gasteiger partial charge is 0.465 e. The first-order chi connectivity index (χ1) is 10.1. The summed E-state index contributed by atoms with van der Waals surface area (Å²) in [4.78, 5) is 11.7. The molecule has 1 aromatic carbocycles. The van der Waals surface area contributed by atoms with E-state index in [1.54, 1.807) is 34.6 Å². The molecule has 0 unspecified atom stereocenters. The Kier molecular flexibility index (Phi) is 6.15. The summed E-state index contributed by atoms with van der Waals surface area (Å²) in [5.41, 5.74) is 0. The average molecular weight is 331 g/mol. The minimum absolute atomic E-state index is 0.240. The number of ether oxygens (including phenoxy) is 1. The number of rotatable bonds is 6. The maximum Gasteiger partial charge on any atom is 0.323 e. The van der Waals surface area contributed by atoms with E-state index in [1.807, 2.05) is 0 Å². The number of carbonyl (C=O) groups is 1. The summed E-state index contributed by atoms with van der Waals surface area (Å²) in [6, 6.07) is 4.44. The van der Waals surface area contributed by atoms with E-state index in [4.69, 9.17) is 9.26 Å². The highest BCUT2D eigenvalue weighted by Crippen LogP contribution is 2.55. The van der Waals surface area contributed by atoms with E-state index in [9.17, 15) is 13.8 Å². The first-order valence-electron chi connectivity index (χ1n) is 7.09. The zero-order valence-corrected chi connectivity index (χ0v) is 14.4. The molecule has 0 spiro atoms. The molecule has 0 aliphatic carbocycles. The highest BCUT2D eigenvalue weighted by molar-refractivity contribution is 7.59. The monoisotopic (exact) mass is 331 g/mol. The van der Waals surface area contributed by atoms with Crippen LogP contribution in [-0.4, -0.2) is 23.8 Å². The molecule has 0 radical (unpaired) electrons. The summed E-state index contributed by atoms with van der Waals surface area (Å²) >= 11 is 0. The SMILES string of the molecule is CCOC(=O)[C@H](C)N[P@@](=O)(Oc1ccc(F)cc1)C(C)(C)C. The van der Waals surface area contributed by atoms with E-state index in [0.29, 0.717) is 0 Å². The topological polar surface area (TPSA) is 64.6 Å². The molecule has 0 saturated heterocycles. The van der Waals surface area contributed by atoms with Gasteiger partial charge in [-0.1, -0.05) is 0 Å². The Balaban J connectivity index is 2.98. The molecule has 1 aromatic rings. The molecule has 1 N–H and O–H groups in total. The molecule has 0 aliphatic rings. The zero-order chi connectivity index (χ0) is 17.0. The number of hydrogen-bond donors (Lipinski definition) is 1. The zero-order valence-electron chi connectivity index (χ0n) is 13.6. The van der Waals surface area contributed by atoms with Crippen molar-refractivity contribution >= 4 is 13.5 Å². The van der Waals surface area contributed by atoms with Gasteiger partial charge in [0.05, 0.1) is 11.8 Å².